The largest absolute Gasteiger partial charge is 0.504 e. The summed E-state index contributed by atoms with van der Waals surface area (Å²) in [7, 11) is 1.47. The molecule has 0 bridgehead atoms. The Bertz CT molecular complexity index is 2050. The summed E-state index contributed by atoms with van der Waals surface area (Å²) in [5.41, 5.74) is 2.69. The minimum atomic E-state index is -1.36. The molecular weight excluding hydrogens is 614 g/mol. The third-order valence-corrected chi connectivity index (χ3v) is 11.2. The van der Waals surface area contributed by atoms with E-state index in [-0.39, 0.29) is 47.8 Å². The van der Waals surface area contributed by atoms with Gasteiger partial charge in [0.05, 0.1) is 30.9 Å². The number of carbonyl (C=O) groups is 4. The molecule has 0 unspecified atom stereocenters. The minimum Gasteiger partial charge on any atom is -0.504 e. The van der Waals surface area contributed by atoms with Crippen molar-refractivity contribution in [3.63, 3.8) is 0 Å². The third-order valence-electron chi connectivity index (χ3n) is 11.2. The Hall–Kier alpha value is -5.56. The second kappa shape index (κ2) is 11.8. The number of hydrogen-bond donors (Lipinski definition) is 1. The van der Waals surface area contributed by atoms with Gasteiger partial charge in [-0.1, -0.05) is 109 Å². The molecule has 3 aliphatic carbocycles. The Kier molecular flexibility index (Phi) is 7.43. The van der Waals surface area contributed by atoms with Crippen molar-refractivity contribution in [3.8, 4) is 11.5 Å². The number of methoxy groups -OCH3 is 1. The predicted molar refractivity (Wildman–Crippen MR) is 183 cm³/mol. The zero-order valence-electron chi connectivity index (χ0n) is 27.0. The molecule has 6 atom stereocenters. The first kappa shape index (κ1) is 30.8. The minimum absolute atomic E-state index is 0.0903. The Morgan fingerprint density at radius 3 is 2.16 bits per heavy atom. The Labute approximate surface area is 284 Å². The van der Waals surface area contributed by atoms with Gasteiger partial charge in [-0.05, 0) is 59.2 Å². The maximum absolute atomic E-state index is 15.1. The lowest BCUT2D eigenvalue weighted by molar-refractivity contribution is -0.141. The molecule has 1 N–H and O–H groups in total. The summed E-state index contributed by atoms with van der Waals surface area (Å²) in [6, 6.07) is 33.2. The van der Waals surface area contributed by atoms with Crippen molar-refractivity contribution in [2.24, 2.45) is 23.7 Å². The van der Waals surface area contributed by atoms with E-state index in [0.29, 0.717) is 28.7 Å². The van der Waals surface area contributed by atoms with Crippen LogP contribution in [0.2, 0.25) is 0 Å². The average Bonchev–Trinajstić information content (AvgIpc) is 3.38. The molecule has 8 rings (SSSR count). The van der Waals surface area contributed by atoms with Gasteiger partial charge in [-0.25, -0.2) is 0 Å². The van der Waals surface area contributed by atoms with E-state index in [1.807, 2.05) is 103 Å². The molecule has 0 aromatic heterocycles. The highest BCUT2D eigenvalue weighted by atomic mass is 16.5. The highest BCUT2D eigenvalue weighted by Crippen LogP contribution is 2.64. The molecule has 4 aromatic rings. The molecule has 0 spiro atoms. The SMILES string of the molecule is COc1ccc([C@H]2C3=CC[C@@H]4C(=O)N(Cc5ccccc5)C(=O)[C@@H]4[C@@H]3C[C@H]3C(=O)C(c4ccccc4)=CC(=O)[C@@]23c2ccccc2)cc1O. The van der Waals surface area contributed by atoms with Gasteiger partial charge in [0.25, 0.3) is 0 Å². The number of Topliss-reactive ketones (excluding diaryl/α,β-unsaturated/α-hetero) is 1. The maximum atomic E-state index is 15.1. The molecule has 7 nitrogen and oxygen atoms in total. The zero-order valence-corrected chi connectivity index (χ0v) is 27.0. The van der Waals surface area contributed by atoms with Gasteiger partial charge >= 0.3 is 0 Å². The average molecular weight is 650 g/mol. The number of imide groups is 1. The molecule has 4 aliphatic rings. The van der Waals surface area contributed by atoms with E-state index in [0.717, 1.165) is 11.1 Å². The first-order valence-electron chi connectivity index (χ1n) is 16.7. The van der Waals surface area contributed by atoms with Crippen LogP contribution in [0.15, 0.2) is 127 Å². The summed E-state index contributed by atoms with van der Waals surface area (Å²) in [5.74, 6) is -3.88. The Balaban J connectivity index is 1.34. The summed E-state index contributed by atoms with van der Waals surface area (Å²) in [4.78, 5) is 59.7. The summed E-state index contributed by atoms with van der Waals surface area (Å²) < 4.78 is 5.37. The lowest BCUT2D eigenvalue weighted by atomic mass is 9.44. The van der Waals surface area contributed by atoms with Crippen LogP contribution in [0.25, 0.3) is 5.57 Å². The first-order chi connectivity index (χ1) is 23.8. The highest BCUT2D eigenvalue weighted by molar-refractivity contribution is 6.31. The number of phenols is 1. The summed E-state index contributed by atoms with van der Waals surface area (Å²) in [5, 5.41) is 11.1. The number of benzene rings is 4. The van der Waals surface area contributed by atoms with E-state index in [2.05, 4.69) is 0 Å². The van der Waals surface area contributed by atoms with Crippen molar-refractivity contribution < 1.29 is 29.0 Å². The molecule has 1 aliphatic heterocycles. The van der Waals surface area contributed by atoms with E-state index in [4.69, 9.17) is 4.74 Å². The number of nitrogens with zero attached hydrogens (tertiary/aromatic N) is 1. The van der Waals surface area contributed by atoms with Crippen LogP contribution >= 0.6 is 0 Å². The van der Waals surface area contributed by atoms with Crippen molar-refractivity contribution in [1.82, 2.24) is 4.90 Å². The first-order valence-corrected chi connectivity index (χ1v) is 16.7. The van der Waals surface area contributed by atoms with E-state index >= 15 is 4.79 Å². The molecule has 2 amide bonds. The number of allylic oxidation sites excluding steroid dienone is 4. The van der Waals surface area contributed by atoms with E-state index < -0.39 is 35.0 Å². The number of fused-ring (bicyclic) bond motifs is 4. The second-order valence-electron chi connectivity index (χ2n) is 13.5. The van der Waals surface area contributed by atoms with Crippen LogP contribution in [-0.2, 0) is 31.1 Å². The van der Waals surface area contributed by atoms with Gasteiger partial charge in [0.2, 0.25) is 11.8 Å². The van der Waals surface area contributed by atoms with Gasteiger partial charge in [0.1, 0.15) is 0 Å². The highest BCUT2D eigenvalue weighted by Gasteiger charge is 2.65. The molecule has 4 aromatic carbocycles. The fraction of sp³-hybridized carbons (Fsp3) is 0.238. The number of likely N-dealkylation sites (tertiary alicyclic amines) is 1. The van der Waals surface area contributed by atoms with Gasteiger partial charge in [-0.2, -0.15) is 0 Å². The Morgan fingerprint density at radius 1 is 0.816 bits per heavy atom. The van der Waals surface area contributed by atoms with Crippen LogP contribution in [0.4, 0.5) is 0 Å². The standard InChI is InChI=1S/C42H35NO6/c1-49-35-20-17-27(21-34(35)44)38-29-18-19-30-37(41(48)43(40(30)47)24-25-11-5-2-6-12-25)32(29)22-33-39(46)31(26-13-7-3-8-14-26)23-36(45)42(33,38)28-15-9-4-10-16-28/h2-18,20-21,23,30,32-33,37-38,44H,19,22,24H2,1H3/t30-,32+,33-,37-,38-,42-/m0/s1. The van der Waals surface area contributed by atoms with Gasteiger partial charge in [-0.15, -0.1) is 0 Å². The topological polar surface area (TPSA) is 101 Å². The quantitative estimate of drug-likeness (QED) is 0.191. The second-order valence-corrected chi connectivity index (χ2v) is 13.5. The molecular formula is C42H35NO6. The summed E-state index contributed by atoms with van der Waals surface area (Å²) in [6.45, 7) is 0.180. The van der Waals surface area contributed by atoms with Gasteiger partial charge < -0.3 is 9.84 Å². The molecule has 49 heavy (non-hydrogen) atoms. The summed E-state index contributed by atoms with van der Waals surface area (Å²) >= 11 is 0. The van der Waals surface area contributed by atoms with Crippen LogP contribution in [0.5, 0.6) is 11.5 Å². The van der Waals surface area contributed by atoms with Crippen LogP contribution in [0.3, 0.4) is 0 Å². The molecule has 1 saturated carbocycles. The van der Waals surface area contributed by atoms with Gasteiger partial charge in [0, 0.05) is 17.4 Å². The third kappa shape index (κ3) is 4.63. The van der Waals surface area contributed by atoms with Gasteiger partial charge in [-0.3, -0.25) is 24.1 Å². The number of phenolic OH excluding ortho intramolecular Hbond substituents is 1. The summed E-state index contributed by atoms with van der Waals surface area (Å²) in [6.07, 6.45) is 4.10. The number of amides is 2. The number of hydrogen-bond acceptors (Lipinski definition) is 6. The number of carbonyl (C=O) groups excluding carboxylic acids is 4. The molecule has 244 valence electrons. The van der Waals surface area contributed by atoms with Crippen molar-refractivity contribution in [2.75, 3.05) is 7.11 Å². The van der Waals surface area contributed by atoms with Crippen molar-refractivity contribution in [1.29, 1.82) is 0 Å². The smallest absolute Gasteiger partial charge is 0.234 e. The van der Waals surface area contributed by atoms with E-state index in [1.54, 1.807) is 12.1 Å². The van der Waals surface area contributed by atoms with Crippen molar-refractivity contribution in [3.05, 3.63) is 149 Å². The maximum Gasteiger partial charge on any atom is 0.234 e. The van der Waals surface area contributed by atoms with Crippen LogP contribution in [-0.4, -0.2) is 40.5 Å². The lowest BCUT2D eigenvalue weighted by Crippen LogP contribution is -2.58. The van der Waals surface area contributed by atoms with Crippen molar-refractivity contribution in [2.45, 2.75) is 30.7 Å². The number of ether oxygens (including phenoxy) is 1. The lowest BCUT2D eigenvalue weighted by Gasteiger charge is -2.55. The van der Waals surface area contributed by atoms with E-state index in [9.17, 15) is 19.5 Å². The molecule has 2 fully saturated rings. The van der Waals surface area contributed by atoms with E-state index in [1.165, 1.54) is 18.1 Å². The Morgan fingerprint density at radius 2 is 1.49 bits per heavy atom. The monoisotopic (exact) mass is 649 g/mol. The van der Waals surface area contributed by atoms with Crippen LogP contribution < -0.4 is 4.74 Å². The van der Waals surface area contributed by atoms with Gasteiger partial charge in [0.15, 0.2) is 23.1 Å². The zero-order chi connectivity index (χ0) is 33.9. The fourth-order valence-corrected chi connectivity index (χ4v) is 9.12. The van der Waals surface area contributed by atoms with Crippen molar-refractivity contribution >= 4 is 29.0 Å². The number of ketones is 2. The normalized spacial score (nSPS) is 27.5. The predicted octanol–water partition coefficient (Wildman–Crippen LogP) is 6.43. The molecule has 1 heterocycles. The van der Waals surface area contributed by atoms with Crippen LogP contribution in [0.1, 0.15) is 41.0 Å². The van der Waals surface area contributed by atoms with Crippen LogP contribution in [0, 0.1) is 23.7 Å². The molecule has 0 radical (unpaired) electrons. The molecule has 1 saturated heterocycles. The number of rotatable bonds is 6. The number of aromatic hydroxyl groups is 1. The molecule has 7 heteroatoms. The fourth-order valence-electron chi connectivity index (χ4n) is 9.12.